The number of hydrogen-bond acceptors (Lipinski definition) is 5. The van der Waals surface area contributed by atoms with E-state index in [1.165, 1.54) is 0 Å². The van der Waals surface area contributed by atoms with E-state index < -0.39 is 5.60 Å². The number of likely N-dealkylation sites (tertiary alicyclic amines) is 1. The number of carbonyl (C=O) groups is 3. The van der Waals surface area contributed by atoms with Crippen LogP contribution in [0.3, 0.4) is 0 Å². The Morgan fingerprint density at radius 3 is 2.59 bits per heavy atom. The fourth-order valence-electron chi connectivity index (χ4n) is 5.11. The van der Waals surface area contributed by atoms with Crippen molar-refractivity contribution in [3.05, 3.63) is 41.7 Å². The molecule has 1 saturated carbocycles. The van der Waals surface area contributed by atoms with E-state index in [1.807, 2.05) is 37.3 Å². The summed E-state index contributed by atoms with van der Waals surface area (Å²) in [7, 11) is 0. The third-order valence-electron chi connectivity index (χ3n) is 7.09. The smallest absolute Gasteiger partial charge is 0.411 e. The number of piperazine rings is 1. The van der Waals surface area contributed by atoms with Gasteiger partial charge in [0, 0.05) is 36.8 Å². The lowest BCUT2D eigenvalue weighted by Crippen LogP contribution is -2.72. The second-order valence-electron chi connectivity index (χ2n) is 9.29. The van der Waals surface area contributed by atoms with E-state index >= 15 is 0 Å². The molecule has 1 aromatic carbocycles. The number of carbonyl (C=O) groups excluding carboxylic acids is 3. The zero-order valence-corrected chi connectivity index (χ0v) is 17.9. The first kappa shape index (κ1) is 19.3. The number of amides is 3. The quantitative estimate of drug-likeness (QED) is 0.791. The number of aromatic amines is 1. The van der Waals surface area contributed by atoms with Gasteiger partial charge in [-0.25, -0.2) is 9.78 Å². The molecule has 1 aliphatic carbocycles. The van der Waals surface area contributed by atoms with Gasteiger partial charge in [0.15, 0.2) is 5.60 Å². The van der Waals surface area contributed by atoms with E-state index in [-0.39, 0.29) is 29.9 Å². The molecule has 2 aromatic rings. The van der Waals surface area contributed by atoms with E-state index in [9.17, 15) is 14.4 Å². The van der Waals surface area contributed by atoms with Crippen LogP contribution in [-0.2, 0) is 9.53 Å². The number of hydrogen-bond donors (Lipinski definition) is 1. The number of nitrogens with zero attached hydrogens (tertiary/aromatic N) is 4. The van der Waals surface area contributed by atoms with Crippen LogP contribution in [0.4, 0.5) is 4.79 Å². The maximum absolute atomic E-state index is 13.4. The Morgan fingerprint density at radius 2 is 1.88 bits per heavy atom. The number of nitrogens with one attached hydrogen (secondary N) is 1. The summed E-state index contributed by atoms with van der Waals surface area (Å²) in [5, 5.41) is 0. The predicted octanol–water partition coefficient (Wildman–Crippen LogP) is 1.65. The molecule has 1 atom stereocenters. The Balaban J connectivity index is 1.20. The van der Waals surface area contributed by atoms with Crippen LogP contribution in [0.5, 0.6) is 0 Å². The summed E-state index contributed by atoms with van der Waals surface area (Å²) in [5.74, 6) is 0.815. The number of aryl methyl sites for hydroxylation is 1. The van der Waals surface area contributed by atoms with E-state index in [0.717, 1.165) is 24.1 Å². The van der Waals surface area contributed by atoms with Gasteiger partial charge < -0.3 is 19.5 Å². The van der Waals surface area contributed by atoms with Gasteiger partial charge in [-0.1, -0.05) is 30.3 Å². The third kappa shape index (κ3) is 2.91. The molecular formula is C23H25N5O4. The number of benzene rings is 1. The number of fused-ring (bicyclic) bond motifs is 2. The number of imidazole rings is 1. The molecule has 0 radical (unpaired) electrons. The van der Waals surface area contributed by atoms with Gasteiger partial charge in [-0.05, 0) is 19.8 Å². The van der Waals surface area contributed by atoms with Crippen molar-refractivity contribution in [2.24, 2.45) is 5.92 Å². The molecule has 166 valence electrons. The molecule has 3 aliphatic heterocycles. The third-order valence-corrected chi connectivity index (χ3v) is 7.09. The number of rotatable bonds is 3. The Labute approximate surface area is 185 Å². The first-order chi connectivity index (χ1) is 15.4. The van der Waals surface area contributed by atoms with Gasteiger partial charge in [0.2, 0.25) is 5.91 Å². The van der Waals surface area contributed by atoms with Crippen molar-refractivity contribution < 1.29 is 19.1 Å². The van der Waals surface area contributed by atoms with Crippen LogP contribution in [-0.4, -0.2) is 86.9 Å². The SMILES string of the molecule is Cc1[nH]c(-c2ccccc2)nc1C(=O)N1CCN2C(=O)OC3(CN(C(=O)C4CC4)C3)C2C1. The fourth-order valence-corrected chi connectivity index (χ4v) is 5.11. The van der Waals surface area contributed by atoms with Crippen LogP contribution >= 0.6 is 0 Å². The Hall–Kier alpha value is -3.36. The van der Waals surface area contributed by atoms with Crippen LogP contribution < -0.4 is 0 Å². The summed E-state index contributed by atoms with van der Waals surface area (Å²) in [5.41, 5.74) is 1.32. The second-order valence-corrected chi connectivity index (χ2v) is 9.29. The average Bonchev–Trinajstić information content (AvgIpc) is 3.50. The molecule has 32 heavy (non-hydrogen) atoms. The standard InChI is InChI=1S/C23H25N5O4/c1-14-18(25-19(24-14)15-5-3-2-4-6-15)21(30)26-9-10-28-17(11-26)23(32-22(28)31)12-27(13-23)20(29)16-7-8-16/h2-6,16-17H,7-13H2,1H3,(H,24,25). The number of ether oxygens (including phenoxy) is 1. The molecule has 3 saturated heterocycles. The summed E-state index contributed by atoms with van der Waals surface area (Å²) < 4.78 is 5.77. The van der Waals surface area contributed by atoms with Crippen LogP contribution in [0.1, 0.15) is 29.0 Å². The fraction of sp³-hybridized carbons (Fsp3) is 0.478. The molecule has 4 aliphatic rings. The van der Waals surface area contributed by atoms with Crippen LogP contribution in [0, 0.1) is 12.8 Å². The molecular weight excluding hydrogens is 410 g/mol. The summed E-state index contributed by atoms with van der Waals surface area (Å²) in [6.07, 6.45) is 1.56. The monoisotopic (exact) mass is 435 g/mol. The first-order valence-corrected chi connectivity index (χ1v) is 11.1. The highest BCUT2D eigenvalue weighted by Gasteiger charge is 2.63. The molecule has 9 heteroatoms. The topological polar surface area (TPSA) is 98.8 Å². The lowest BCUT2D eigenvalue weighted by molar-refractivity contribution is -0.156. The highest BCUT2D eigenvalue weighted by Crippen LogP contribution is 2.42. The highest BCUT2D eigenvalue weighted by atomic mass is 16.6. The van der Waals surface area contributed by atoms with Gasteiger partial charge in [-0.2, -0.15) is 0 Å². The summed E-state index contributed by atoms with van der Waals surface area (Å²) >= 11 is 0. The van der Waals surface area contributed by atoms with Crippen molar-refractivity contribution in [1.82, 2.24) is 24.7 Å². The zero-order chi connectivity index (χ0) is 22.0. The van der Waals surface area contributed by atoms with Crippen molar-refractivity contribution in [3.8, 4) is 11.4 Å². The maximum Gasteiger partial charge on any atom is 0.411 e. The summed E-state index contributed by atoms with van der Waals surface area (Å²) in [4.78, 5) is 51.3. The van der Waals surface area contributed by atoms with Gasteiger partial charge >= 0.3 is 6.09 Å². The minimum atomic E-state index is -0.712. The molecule has 6 rings (SSSR count). The molecule has 1 aromatic heterocycles. The Bertz CT molecular complexity index is 1100. The lowest BCUT2D eigenvalue weighted by atomic mass is 9.84. The Morgan fingerprint density at radius 1 is 1.12 bits per heavy atom. The normalized spacial score (nSPS) is 23.7. The highest BCUT2D eigenvalue weighted by molar-refractivity contribution is 5.94. The summed E-state index contributed by atoms with van der Waals surface area (Å²) in [6, 6.07) is 9.44. The molecule has 4 heterocycles. The summed E-state index contributed by atoms with van der Waals surface area (Å²) in [6.45, 7) is 3.90. The second kappa shape index (κ2) is 6.82. The van der Waals surface area contributed by atoms with Gasteiger partial charge in [-0.15, -0.1) is 0 Å². The Kier molecular flexibility index (Phi) is 4.12. The van der Waals surface area contributed by atoms with Crippen molar-refractivity contribution in [2.45, 2.75) is 31.4 Å². The molecule has 4 fully saturated rings. The van der Waals surface area contributed by atoms with Gasteiger partial charge in [0.1, 0.15) is 11.5 Å². The van der Waals surface area contributed by atoms with E-state index in [1.54, 1.807) is 14.7 Å². The zero-order valence-electron chi connectivity index (χ0n) is 17.9. The van der Waals surface area contributed by atoms with Gasteiger partial charge in [0.25, 0.3) is 5.91 Å². The molecule has 1 N–H and O–H groups in total. The first-order valence-electron chi connectivity index (χ1n) is 11.1. The van der Waals surface area contributed by atoms with Crippen LogP contribution in [0.15, 0.2) is 30.3 Å². The van der Waals surface area contributed by atoms with Crippen LogP contribution in [0.25, 0.3) is 11.4 Å². The molecule has 3 amide bonds. The van der Waals surface area contributed by atoms with Crippen molar-refractivity contribution >= 4 is 17.9 Å². The van der Waals surface area contributed by atoms with Gasteiger partial charge in [-0.3, -0.25) is 14.5 Å². The number of aromatic nitrogens is 2. The minimum absolute atomic E-state index is 0.145. The molecule has 1 spiro atoms. The average molecular weight is 435 g/mol. The molecule has 9 nitrogen and oxygen atoms in total. The van der Waals surface area contributed by atoms with Crippen LogP contribution in [0.2, 0.25) is 0 Å². The molecule has 1 unspecified atom stereocenters. The van der Waals surface area contributed by atoms with Crippen molar-refractivity contribution in [1.29, 1.82) is 0 Å². The minimum Gasteiger partial charge on any atom is -0.437 e. The van der Waals surface area contributed by atoms with Crippen molar-refractivity contribution in [2.75, 3.05) is 32.7 Å². The van der Waals surface area contributed by atoms with Crippen molar-refractivity contribution in [3.63, 3.8) is 0 Å². The number of H-pyrrole nitrogens is 1. The van der Waals surface area contributed by atoms with Gasteiger partial charge in [0.05, 0.1) is 19.1 Å². The maximum atomic E-state index is 13.4. The largest absolute Gasteiger partial charge is 0.437 e. The predicted molar refractivity (Wildman–Crippen MR) is 114 cm³/mol. The van der Waals surface area contributed by atoms with E-state index in [4.69, 9.17) is 4.74 Å². The lowest BCUT2D eigenvalue weighted by Gasteiger charge is -2.51. The van der Waals surface area contributed by atoms with E-state index in [2.05, 4.69) is 9.97 Å². The van der Waals surface area contributed by atoms with E-state index in [0.29, 0.717) is 44.2 Å². The molecule has 0 bridgehead atoms.